The van der Waals surface area contributed by atoms with Crippen molar-refractivity contribution in [1.82, 2.24) is 10.2 Å². The van der Waals surface area contributed by atoms with E-state index in [0.717, 1.165) is 25.7 Å². The van der Waals surface area contributed by atoms with Gasteiger partial charge in [-0.1, -0.05) is 32.6 Å². The van der Waals surface area contributed by atoms with Crippen molar-refractivity contribution >= 4 is 36.0 Å². The quantitative estimate of drug-likeness (QED) is 0.714. The van der Waals surface area contributed by atoms with Gasteiger partial charge in [0.25, 0.3) is 0 Å². The van der Waals surface area contributed by atoms with Gasteiger partial charge in [0.15, 0.2) is 0 Å². The number of carbonyl (C=O) groups is 2. The number of halogens is 1. The van der Waals surface area contributed by atoms with Gasteiger partial charge < -0.3 is 16.0 Å². The van der Waals surface area contributed by atoms with Crippen LogP contribution >= 0.6 is 24.2 Å². The molecule has 1 aliphatic carbocycles. The zero-order valence-electron chi connectivity index (χ0n) is 14.7. The monoisotopic (exact) mass is 377 g/mol. The summed E-state index contributed by atoms with van der Waals surface area (Å²) in [6.45, 7) is 2.56. The van der Waals surface area contributed by atoms with Gasteiger partial charge in [0.2, 0.25) is 11.8 Å². The Morgan fingerprint density at radius 3 is 2.62 bits per heavy atom. The van der Waals surface area contributed by atoms with Gasteiger partial charge in [-0.15, -0.1) is 24.2 Å². The van der Waals surface area contributed by atoms with Crippen LogP contribution in [0.2, 0.25) is 0 Å². The smallest absolute Gasteiger partial charge is 0.243 e. The van der Waals surface area contributed by atoms with Crippen molar-refractivity contribution in [2.45, 2.75) is 70.4 Å². The minimum atomic E-state index is -0.318. The molecule has 2 amide bonds. The van der Waals surface area contributed by atoms with Gasteiger partial charge in [-0.25, -0.2) is 0 Å². The van der Waals surface area contributed by atoms with Crippen molar-refractivity contribution in [1.29, 1.82) is 0 Å². The molecule has 0 aromatic carbocycles. The fourth-order valence-corrected chi connectivity index (χ4v) is 4.74. The van der Waals surface area contributed by atoms with Gasteiger partial charge in [0, 0.05) is 24.8 Å². The van der Waals surface area contributed by atoms with Gasteiger partial charge in [-0.3, -0.25) is 9.59 Å². The van der Waals surface area contributed by atoms with Gasteiger partial charge in [-0.05, 0) is 25.2 Å². The molecule has 0 spiro atoms. The maximum Gasteiger partial charge on any atom is 0.243 e. The van der Waals surface area contributed by atoms with Crippen LogP contribution in [0.5, 0.6) is 0 Å². The molecular formula is C17H32ClN3O2S. The molecule has 2 aliphatic rings. The van der Waals surface area contributed by atoms with E-state index in [1.165, 1.54) is 19.3 Å². The van der Waals surface area contributed by atoms with Crippen LogP contribution in [0.25, 0.3) is 0 Å². The SMILES string of the molecule is CCCCC(=O)N1CSCC1C(=O)NC(CN)C1CCCCC1.Cl. The summed E-state index contributed by atoms with van der Waals surface area (Å²) in [5.41, 5.74) is 5.91. The lowest BCUT2D eigenvalue weighted by Gasteiger charge is -2.32. The summed E-state index contributed by atoms with van der Waals surface area (Å²) in [6.07, 6.45) is 8.50. The van der Waals surface area contributed by atoms with Crippen LogP contribution in [0, 0.1) is 5.92 Å². The third kappa shape index (κ3) is 5.81. The minimum absolute atomic E-state index is 0. The highest BCUT2D eigenvalue weighted by Gasteiger charge is 2.36. The van der Waals surface area contributed by atoms with E-state index < -0.39 is 0 Å². The summed E-state index contributed by atoms with van der Waals surface area (Å²) in [5.74, 6) is 1.93. The number of nitrogens with one attached hydrogen (secondary N) is 1. The summed E-state index contributed by atoms with van der Waals surface area (Å²) in [7, 11) is 0. The van der Waals surface area contributed by atoms with Gasteiger partial charge >= 0.3 is 0 Å². The third-order valence-corrected chi connectivity index (χ3v) is 6.06. The van der Waals surface area contributed by atoms with Crippen molar-refractivity contribution in [2.75, 3.05) is 18.2 Å². The predicted octanol–water partition coefficient (Wildman–Crippen LogP) is 2.52. The summed E-state index contributed by atoms with van der Waals surface area (Å²) in [5, 5.41) is 3.15. The van der Waals surface area contributed by atoms with Crippen LogP contribution in [0.15, 0.2) is 0 Å². The zero-order valence-corrected chi connectivity index (χ0v) is 16.3. The van der Waals surface area contributed by atoms with E-state index in [1.54, 1.807) is 16.7 Å². The lowest BCUT2D eigenvalue weighted by molar-refractivity contribution is -0.138. The van der Waals surface area contributed by atoms with Gasteiger partial charge in [-0.2, -0.15) is 0 Å². The largest absolute Gasteiger partial charge is 0.350 e. The van der Waals surface area contributed by atoms with Crippen LogP contribution in [-0.4, -0.2) is 47.0 Å². The van der Waals surface area contributed by atoms with E-state index in [2.05, 4.69) is 12.2 Å². The number of carbonyl (C=O) groups excluding carboxylic acids is 2. The molecule has 1 saturated carbocycles. The standard InChI is InChI=1S/C17H31N3O2S.ClH/c1-2-3-9-16(21)20-12-23-11-15(20)17(22)19-14(10-18)13-7-5-4-6-8-13;/h13-15H,2-12,18H2,1H3,(H,19,22);1H. The Balaban J connectivity index is 0.00000288. The Hall–Kier alpha value is -0.460. The fourth-order valence-electron chi connectivity index (χ4n) is 3.56. The highest BCUT2D eigenvalue weighted by Crippen LogP contribution is 2.27. The van der Waals surface area contributed by atoms with Crippen molar-refractivity contribution in [3.8, 4) is 0 Å². The topological polar surface area (TPSA) is 75.4 Å². The number of amides is 2. The Labute approximate surface area is 156 Å². The maximum absolute atomic E-state index is 12.7. The molecule has 0 bridgehead atoms. The molecule has 0 aromatic heterocycles. The number of nitrogens with zero attached hydrogens (tertiary/aromatic N) is 1. The Morgan fingerprint density at radius 2 is 2.00 bits per heavy atom. The lowest BCUT2D eigenvalue weighted by Crippen LogP contribution is -2.53. The summed E-state index contributed by atoms with van der Waals surface area (Å²) in [4.78, 5) is 26.7. The maximum atomic E-state index is 12.7. The number of hydrogen-bond donors (Lipinski definition) is 2. The molecule has 140 valence electrons. The van der Waals surface area contributed by atoms with E-state index in [9.17, 15) is 9.59 Å². The second-order valence-corrected chi connectivity index (χ2v) is 7.73. The molecule has 5 nitrogen and oxygen atoms in total. The number of hydrogen-bond acceptors (Lipinski definition) is 4. The molecule has 2 fully saturated rings. The van der Waals surface area contributed by atoms with Gasteiger partial charge in [0.1, 0.15) is 6.04 Å². The van der Waals surface area contributed by atoms with Crippen LogP contribution in [0.3, 0.4) is 0 Å². The van der Waals surface area contributed by atoms with Crippen molar-refractivity contribution in [2.24, 2.45) is 11.7 Å². The molecule has 24 heavy (non-hydrogen) atoms. The molecule has 2 atom stereocenters. The average molecular weight is 378 g/mol. The molecule has 1 saturated heterocycles. The molecular weight excluding hydrogens is 346 g/mol. The number of rotatable bonds is 7. The molecule has 0 aromatic rings. The number of nitrogens with two attached hydrogens (primary N) is 1. The highest BCUT2D eigenvalue weighted by atomic mass is 35.5. The first-order valence-electron chi connectivity index (χ1n) is 9.05. The first-order chi connectivity index (χ1) is 11.2. The van der Waals surface area contributed by atoms with Crippen molar-refractivity contribution in [3.05, 3.63) is 0 Å². The first-order valence-corrected chi connectivity index (χ1v) is 10.2. The second kappa shape index (κ2) is 11.2. The highest BCUT2D eigenvalue weighted by molar-refractivity contribution is 7.99. The normalized spacial score (nSPS) is 22.8. The Kier molecular flexibility index (Phi) is 10.1. The number of thioether (sulfide) groups is 1. The predicted molar refractivity (Wildman–Crippen MR) is 102 cm³/mol. The first kappa shape index (κ1) is 21.6. The lowest BCUT2D eigenvalue weighted by atomic mass is 9.84. The molecule has 7 heteroatoms. The van der Waals surface area contributed by atoms with Crippen LogP contribution < -0.4 is 11.1 Å². The Morgan fingerprint density at radius 1 is 1.29 bits per heavy atom. The summed E-state index contributed by atoms with van der Waals surface area (Å²) < 4.78 is 0. The van der Waals surface area contributed by atoms with Crippen LogP contribution in [-0.2, 0) is 9.59 Å². The Bertz CT molecular complexity index is 405. The number of unbranched alkanes of at least 4 members (excludes halogenated alkanes) is 1. The van der Waals surface area contributed by atoms with E-state index in [1.807, 2.05) is 0 Å². The van der Waals surface area contributed by atoms with E-state index in [0.29, 0.717) is 30.5 Å². The van der Waals surface area contributed by atoms with E-state index in [-0.39, 0.29) is 36.3 Å². The molecule has 0 radical (unpaired) electrons. The molecule has 2 rings (SSSR count). The third-order valence-electron chi connectivity index (χ3n) is 5.05. The van der Waals surface area contributed by atoms with Crippen molar-refractivity contribution in [3.63, 3.8) is 0 Å². The van der Waals surface area contributed by atoms with E-state index >= 15 is 0 Å². The fraction of sp³-hybridized carbons (Fsp3) is 0.882. The van der Waals surface area contributed by atoms with Crippen molar-refractivity contribution < 1.29 is 9.59 Å². The minimum Gasteiger partial charge on any atom is -0.350 e. The van der Waals surface area contributed by atoms with Crippen LogP contribution in [0.1, 0.15) is 58.3 Å². The van der Waals surface area contributed by atoms with Gasteiger partial charge in [0.05, 0.1) is 5.88 Å². The molecule has 1 heterocycles. The molecule has 2 unspecified atom stereocenters. The van der Waals surface area contributed by atoms with E-state index in [4.69, 9.17) is 5.73 Å². The molecule has 3 N–H and O–H groups in total. The summed E-state index contributed by atoms with van der Waals surface area (Å²) >= 11 is 1.66. The second-order valence-electron chi connectivity index (χ2n) is 6.73. The average Bonchev–Trinajstić information content (AvgIpc) is 3.08. The summed E-state index contributed by atoms with van der Waals surface area (Å²) in [6, 6.07) is -0.261. The molecule has 1 aliphatic heterocycles. The van der Waals surface area contributed by atoms with Crippen LogP contribution in [0.4, 0.5) is 0 Å². The zero-order chi connectivity index (χ0) is 16.7.